The molecule has 0 aliphatic carbocycles. The van der Waals surface area contributed by atoms with E-state index in [1.165, 1.54) is 19.3 Å². The summed E-state index contributed by atoms with van der Waals surface area (Å²) < 4.78 is 0. The van der Waals surface area contributed by atoms with Crippen molar-refractivity contribution in [1.82, 2.24) is 4.98 Å². The minimum absolute atomic E-state index is 0.121. The molecule has 1 aromatic heterocycles. The van der Waals surface area contributed by atoms with Gasteiger partial charge in [-0.05, 0) is 24.7 Å². The molecule has 0 amide bonds. The van der Waals surface area contributed by atoms with Gasteiger partial charge in [-0.25, -0.2) is 4.98 Å². The fraction of sp³-hybridized carbons (Fsp3) is 0.786. The van der Waals surface area contributed by atoms with E-state index in [2.05, 4.69) is 25.7 Å². The summed E-state index contributed by atoms with van der Waals surface area (Å²) in [5.74, 6) is 1.20. The van der Waals surface area contributed by atoms with Gasteiger partial charge < -0.3 is 10.0 Å². The van der Waals surface area contributed by atoms with Gasteiger partial charge in [-0.15, -0.1) is 0 Å². The Hall–Kier alpha value is -0.610. The molecule has 1 aliphatic heterocycles. The second-order valence-electron chi connectivity index (χ2n) is 5.48. The maximum Gasteiger partial charge on any atom is 0.185 e. The third kappa shape index (κ3) is 2.86. The van der Waals surface area contributed by atoms with Crippen molar-refractivity contribution in [3.63, 3.8) is 0 Å². The highest BCUT2D eigenvalue weighted by atomic mass is 32.1. The Morgan fingerprint density at radius 1 is 1.50 bits per heavy atom. The first-order valence-corrected chi connectivity index (χ1v) is 7.82. The maximum absolute atomic E-state index is 9.43. The third-order valence-corrected chi connectivity index (χ3v) is 4.89. The lowest BCUT2D eigenvalue weighted by atomic mass is 9.96. The van der Waals surface area contributed by atoms with E-state index in [0.29, 0.717) is 5.92 Å². The maximum atomic E-state index is 9.43. The van der Waals surface area contributed by atoms with Crippen molar-refractivity contribution >= 4 is 16.5 Å². The minimum Gasteiger partial charge on any atom is -0.391 e. The van der Waals surface area contributed by atoms with E-state index in [9.17, 15) is 5.11 Å². The first-order valence-electron chi connectivity index (χ1n) is 7.01. The number of aromatic nitrogens is 1. The van der Waals surface area contributed by atoms with Crippen LogP contribution in [0.15, 0.2) is 0 Å². The molecule has 0 saturated carbocycles. The number of rotatable bonds is 4. The van der Waals surface area contributed by atoms with Gasteiger partial charge in [-0.1, -0.05) is 38.5 Å². The van der Waals surface area contributed by atoms with Crippen molar-refractivity contribution in [1.29, 1.82) is 0 Å². The Bertz CT molecular complexity index is 389. The standard InChI is InChI=1S/C14H24N2OS/c1-4-11-6-5-7-16(8-11)14-15-13(10(2)3)12(9-17)18-14/h10-11,17H,4-9H2,1-3H3. The number of piperidine rings is 1. The van der Waals surface area contributed by atoms with Crippen LogP contribution in [-0.2, 0) is 6.61 Å². The normalized spacial score (nSPS) is 20.7. The number of anilines is 1. The van der Waals surface area contributed by atoms with E-state index in [4.69, 9.17) is 4.98 Å². The Morgan fingerprint density at radius 3 is 2.83 bits per heavy atom. The van der Waals surface area contributed by atoms with Gasteiger partial charge in [-0.3, -0.25) is 0 Å². The molecule has 1 atom stereocenters. The second-order valence-corrected chi connectivity index (χ2v) is 6.54. The molecule has 0 spiro atoms. The highest BCUT2D eigenvalue weighted by Gasteiger charge is 2.23. The predicted octanol–water partition coefficient (Wildman–Crippen LogP) is 3.39. The van der Waals surface area contributed by atoms with E-state index in [1.54, 1.807) is 11.3 Å². The average molecular weight is 268 g/mol. The van der Waals surface area contributed by atoms with Crippen LogP contribution in [0.3, 0.4) is 0 Å². The number of hydrogen-bond donors (Lipinski definition) is 1. The molecule has 2 heterocycles. The molecule has 0 bridgehead atoms. The Labute approximate surface area is 114 Å². The molecule has 0 radical (unpaired) electrons. The number of thiazole rings is 1. The fourth-order valence-electron chi connectivity index (χ4n) is 2.62. The van der Waals surface area contributed by atoms with Crippen molar-refractivity contribution in [3.8, 4) is 0 Å². The summed E-state index contributed by atoms with van der Waals surface area (Å²) >= 11 is 1.67. The number of hydrogen-bond acceptors (Lipinski definition) is 4. The smallest absolute Gasteiger partial charge is 0.185 e. The monoisotopic (exact) mass is 268 g/mol. The highest BCUT2D eigenvalue weighted by molar-refractivity contribution is 7.15. The number of aliphatic hydroxyl groups excluding tert-OH is 1. The molecule has 1 fully saturated rings. The summed E-state index contributed by atoms with van der Waals surface area (Å²) in [6.07, 6.45) is 3.87. The molecule has 1 aromatic rings. The molecular formula is C14H24N2OS. The molecule has 0 aromatic carbocycles. The van der Waals surface area contributed by atoms with Crippen molar-refractivity contribution in [2.75, 3.05) is 18.0 Å². The van der Waals surface area contributed by atoms with Crippen LogP contribution in [0.4, 0.5) is 5.13 Å². The highest BCUT2D eigenvalue weighted by Crippen LogP contribution is 2.33. The lowest BCUT2D eigenvalue weighted by Crippen LogP contribution is -2.35. The molecule has 1 saturated heterocycles. The van der Waals surface area contributed by atoms with Crippen LogP contribution in [0.5, 0.6) is 0 Å². The van der Waals surface area contributed by atoms with E-state index >= 15 is 0 Å². The molecule has 18 heavy (non-hydrogen) atoms. The van der Waals surface area contributed by atoms with Gasteiger partial charge in [0.2, 0.25) is 0 Å². The van der Waals surface area contributed by atoms with Gasteiger partial charge in [0.25, 0.3) is 0 Å². The molecule has 2 rings (SSSR count). The van der Waals surface area contributed by atoms with Gasteiger partial charge in [0.15, 0.2) is 5.13 Å². The van der Waals surface area contributed by atoms with E-state index in [1.807, 2.05) is 0 Å². The summed E-state index contributed by atoms with van der Waals surface area (Å²) in [5.41, 5.74) is 1.08. The molecule has 3 nitrogen and oxygen atoms in total. The van der Waals surface area contributed by atoms with Gasteiger partial charge in [0, 0.05) is 13.1 Å². The van der Waals surface area contributed by atoms with Crippen LogP contribution in [0.25, 0.3) is 0 Å². The van der Waals surface area contributed by atoms with Crippen molar-refractivity contribution in [3.05, 3.63) is 10.6 Å². The summed E-state index contributed by atoms with van der Waals surface area (Å²) in [4.78, 5) is 8.21. The van der Waals surface area contributed by atoms with Crippen LogP contribution < -0.4 is 4.90 Å². The molecule has 102 valence electrons. The van der Waals surface area contributed by atoms with Crippen molar-refractivity contribution in [2.45, 2.75) is 52.6 Å². The third-order valence-electron chi connectivity index (χ3n) is 3.77. The molecule has 1 unspecified atom stereocenters. The largest absolute Gasteiger partial charge is 0.391 e. The van der Waals surface area contributed by atoms with Crippen LogP contribution in [0.1, 0.15) is 56.5 Å². The first kappa shape index (κ1) is 13.8. The lowest BCUT2D eigenvalue weighted by Gasteiger charge is -2.32. The van der Waals surface area contributed by atoms with Crippen molar-refractivity contribution in [2.24, 2.45) is 5.92 Å². The van der Waals surface area contributed by atoms with Gasteiger partial charge in [0.05, 0.1) is 17.2 Å². The van der Waals surface area contributed by atoms with Crippen LogP contribution in [-0.4, -0.2) is 23.2 Å². The van der Waals surface area contributed by atoms with Gasteiger partial charge in [0.1, 0.15) is 0 Å². The topological polar surface area (TPSA) is 36.4 Å². The van der Waals surface area contributed by atoms with Crippen LogP contribution in [0, 0.1) is 5.92 Å². The lowest BCUT2D eigenvalue weighted by molar-refractivity contribution is 0.283. The predicted molar refractivity (Wildman–Crippen MR) is 77.4 cm³/mol. The molecule has 1 aliphatic rings. The molecule has 1 N–H and O–H groups in total. The average Bonchev–Trinajstić information content (AvgIpc) is 2.83. The SMILES string of the molecule is CCC1CCCN(c2nc(C(C)C)c(CO)s2)C1. The fourth-order valence-corrected chi connectivity index (χ4v) is 3.73. The Morgan fingerprint density at radius 2 is 2.28 bits per heavy atom. The molecular weight excluding hydrogens is 244 g/mol. The zero-order valence-electron chi connectivity index (χ0n) is 11.6. The van der Waals surface area contributed by atoms with E-state index in [-0.39, 0.29) is 6.61 Å². The zero-order valence-corrected chi connectivity index (χ0v) is 12.5. The minimum atomic E-state index is 0.121. The summed E-state index contributed by atoms with van der Waals surface area (Å²) in [6, 6.07) is 0. The second kappa shape index (κ2) is 6.02. The van der Waals surface area contributed by atoms with E-state index in [0.717, 1.165) is 34.7 Å². The van der Waals surface area contributed by atoms with Gasteiger partial charge >= 0.3 is 0 Å². The Balaban J connectivity index is 2.17. The molecule has 4 heteroatoms. The summed E-state index contributed by atoms with van der Waals surface area (Å²) in [6.45, 7) is 8.93. The first-order chi connectivity index (χ1) is 8.65. The van der Waals surface area contributed by atoms with Crippen LogP contribution in [0.2, 0.25) is 0 Å². The quantitative estimate of drug-likeness (QED) is 0.909. The summed E-state index contributed by atoms with van der Waals surface area (Å²) in [5, 5.41) is 10.5. The summed E-state index contributed by atoms with van der Waals surface area (Å²) in [7, 11) is 0. The Kier molecular flexibility index (Phi) is 4.62. The number of nitrogens with zero attached hydrogens (tertiary/aromatic N) is 2. The van der Waals surface area contributed by atoms with Crippen LogP contribution >= 0.6 is 11.3 Å². The van der Waals surface area contributed by atoms with Crippen molar-refractivity contribution < 1.29 is 5.11 Å². The zero-order chi connectivity index (χ0) is 13.1. The van der Waals surface area contributed by atoms with E-state index < -0.39 is 0 Å². The number of aliphatic hydroxyl groups is 1. The van der Waals surface area contributed by atoms with Gasteiger partial charge in [-0.2, -0.15) is 0 Å².